The Bertz CT molecular complexity index is 271. The third-order valence-electron chi connectivity index (χ3n) is 3.95. The molecule has 2 atom stereocenters. The number of urea groups is 1. The average Bonchev–Trinajstić information content (AvgIpc) is 2.39. The van der Waals surface area contributed by atoms with Crippen molar-refractivity contribution < 1.29 is 9.53 Å². The molecule has 112 valence electrons. The van der Waals surface area contributed by atoms with Gasteiger partial charge in [0.1, 0.15) is 0 Å². The summed E-state index contributed by atoms with van der Waals surface area (Å²) in [6.45, 7) is 5.82. The molecule has 0 unspecified atom stereocenters. The lowest BCUT2D eigenvalue weighted by atomic mass is 9.92. The first kappa shape index (κ1) is 16.2. The maximum Gasteiger partial charge on any atom is 0.315 e. The van der Waals surface area contributed by atoms with Crippen molar-refractivity contribution in [3.63, 3.8) is 0 Å². The topological polar surface area (TPSA) is 53.6 Å². The Morgan fingerprint density at radius 2 is 2.05 bits per heavy atom. The number of carbonyl (C=O) groups excluding carboxylic acids is 1. The lowest BCUT2D eigenvalue weighted by Crippen LogP contribution is -2.50. The normalized spacial score (nSPS) is 23.7. The summed E-state index contributed by atoms with van der Waals surface area (Å²) in [7, 11) is 3.78. The van der Waals surface area contributed by atoms with Gasteiger partial charge in [-0.2, -0.15) is 0 Å². The van der Waals surface area contributed by atoms with Gasteiger partial charge in [-0.15, -0.1) is 0 Å². The zero-order valence-corrected chi connectivity index (χ0v) is 12.7. The summed E-state index contributed by atoms with van der Waals surface area (Å²) in [5, 5.41) is 5.94. The number of carbonyl (C=O) groups is 1. The predicted molar refractivity (Wildman–Crippen MR) is 77.4 cm³/mol. The van der Waals surface area contributed by atoms with E-state index in [4.69, 9.17) is 4.74 Å². The smallest absolute Gasteiger partial charge is 0.315 e. The molecule has 0 bridgehead atoms. The third kappa shape index (κ3) is 5.78. The van der Waals surface area contributed by atoms with E-state index in [9.17, 15) is 4.79 Å². The highest BCUT2D eigenvalue weighted by molar-refractivity contribution is 5.74. The zero-order valence-electron chi connectivity index (χ0n) is 12.7. The second kappa shape index (κ2) is 8.38. The SMILES string of the molecule is CO[C@H]1CCCC[C@H]1NC(=O)NCCN(C)C(C)C. The minimum absolute atomic E-state index is 0.0777. The second-order valence-electron chi connectivity index (χ2n) is 5.64. The van der Waals surface area contributed by atoms with Crippen LogP contribution in [0.4, 0.5) is 4.79 Å². The molecule has 0 aromatic carbocycles. The van der Waals surface area contributed by atoms with Gasteiger partial charge < -0.3 is 20.3 Å². The number of rotatable bonds is 6. The van der Waals surface area contributed by atoms with Crippen LogP contribution in [0.15, 0.2) is 0 Å². The monoisotopic (exact) mass is 271 g/mol. The number of hydrogen-bond donors (Lipinski definition) is 2. The molecular formula is C14H29N3O2. The average molecular weight is 271 g/mol. The van der Waals surface area contributed by atoms with Crippen molar-refractivity contribution in [3.05, 3.63) is 0 Å². The molecule has 1 aliphatic carbocycles. The lowest BCUT2D eigenvalue weighted by Gasteiger charge is -2.31. The molecule has 0 radical (unpaired) electrons. The Morgan fingerprint density at radius 1 is 1.37 bits per heavy atom. The number of hydrogen-bond acceptors (Lipinski definition) is 3. The minimum atomic E-state index is -0.0777. The van der Waals surface area contributed by atoms with Crippen molar-refractivity contribution in [1.82, 2.24) is 15.5 Å². The van der Waals surface area contributed by atoms with Gasteiger partial charge in [0.2, 0.25) is 0 Å². The number of amides is 2. The molecule has 5 heteroatoms. The van der Waals surface area contributed by atoms with Crippen molar-refractivity contribution in [2.75, 3.05) is 27.2 Å². The van der Waals surface area contributed by atoms with Crippen LogP contribution in [-0.4, -0.2) is 56.4 Å². The van der Waals surface area contributed by atoms with Crippen LogP contribution in [0.3, 0.4) is 0 Å². The van der Waals surface area contributed by atoms with Gasteiger partial charge in [-0.05, 0) is 33.7 Å². The van der Waals surface area contributed by atoms with Crippen molar-refractivity contribution in [3.8, 4) is 0 Å². The summed E-state index contributed by atoms with van der Waals surface area (Å²) in [5.41, 5.74) is 0. The Hall–Kier alpha value is -0.810. The number of likely N-dealkylation sites (N-methyl/N-ethyl adjacent to an activating group) is 1. The van der Waals surface area contributed by atoms with Crippen molar-refractivity contribution in [2.24, 2.45) is 0 Å². The fourth-order valence-corrected chi connectivity index (χ4v) is 2.37. The summed E-state index contributed by atoms with van der Waals surface area (Å²) in [4.78, 5) is 14.0. The Kier molecular flexibility index (Phi) is 7.16. The molecule has 0 heterocycles. The van der Waals surface area contributed by atoms with Gasteiger partial charge in [0.15, 0.2) is 0 Å². The molecule has 5 nitrogen and oxygen atoms in total. The van der Waals surface area contributed by atoms with Crippen LogP contribution in [0.1, 0.15) is 39.5 Å². The van der Waals surface area contributed by atoms with E-state index in [1.54, 1.807) is 7.11 Å². The van der Waals surface area contributed by atoms with E-state index in [-0.39, 0.29) is 18.2 Å². The fourth-order valence-electron chi connectivity index (χ4n) is 2.37. The molecule has 2 amide bonds. The van der Waals surface area contributed by atoms with Gasteiger partial charge in [-0.25, -0.2) is 4.79 Å². The van der Waals surface area contributed by atoms with Crippen molar-refractivity contribution in [2.45, 2.75) is 57.7 Å². The molecule has 0 aromatic heterocycles. The first-order valence-electron chi connectivity index (χ1n) is 7.32. The zero-order chi connectivity index (χ0) is 14.3. The molecule has 1 saturated carbocycles. The Balaban J connectivity index is 2.22. The lowest BCUT2D eigenvalue weighted by molar-refractivity contribution is 0.0452. The van der Waals surface area contributed by atoms with Crippen LogP contribution in [0.5, 0.6) is 0 Å². The highest BCUT2D eigenvalue weighted by Gasteiger charge is 2.26. The van der Waals surface area contributed by atoms with Gasteiger partial charge >= 0.3 is 6.03 Å². The van der Waals surface area contributed by atoms with Crippen LogP contribution < -0.4 is 10.6 Å². The van der Waals surface area contributed by atoms with E-state index in [1.165, 1.54) is 12.8 Å². The summed E-state index contributed by atoms with van der Waals surface area (Å²) in [6, 6.07) is 0.578. The highest BCUT2D eigenvalue weighted by atomic mass is 16.5. The summed E-state index contributed by atoms with van der Waals surface area (Å²) in [6.07, 6.45) is 4.58. The largest absolute Gasteiger partial charge is 0.379 e. The molecule has 0 aliphatic heterocycles. The molecule has 0 spiro atoms. The summed E-state index contributed by atoms with van der Waals surface area (Å²) >= 11 is 0. The van der Waals surface area contributed by atoms with Gasteiger partial charge in [-0.1, -0.05) is 12.8 Å². The van der Waals surface area contributed by atoms with E-state index in [1.807, 2.05) is 0 Å². The Morgan fingerprint density at radius 3 is 2.68 bits per heavy atom. The molecule has 1 rings (SSSR count). The standard InChI is InChI=1S/C14H29N3O2/c1-11(2)17(3)10-9-15-14(18)16-12-7-5-6-8-13(12)19-4/h11-13H,5-10H2,1-4H3,(H2,15,16,18)/t12-,13+/m1/s1. The van der Waals surface area contributed by atoms with E-state index >= 15 is 0 Å². The van der Waals surface area contributed by atoms with Crippen molar-refractivity contribution >= 4 is 6.03 Å². The molecule has 1 aliphatic rings. The molecular weight excluding hydrogens is 242 g/mol. The number of nitrogens with zero attached hydrogens (tertiary/aromatic N) is 1. The molecule has 19 heavy (non-hydrogen) atoms. The van der Waals surface area contributed by atoms with E-state index in [0.717, 1.165) is 19.4 Å². The number of methoxy groups -OCH3 is 1. The predicted octanol–water partition coefficient (Wildman–Crippen LogP) is 1.58. The van der Waals surface area contributed by atoms with E-state index in [0.29, 0.717) is 12.6 Å². The third-order valence-corrected chi connectivity index (χ3v) is 3.95. The first-order valence-corrected chi connectivity index (χ1v) is 7.32. The van der Waals surface area contributed by atoms with Crippen LogP contribution in [0.2, 0.25) is 0 Å². The fraction of sp³-hybridized carbons (Fsp3) is 0.929. The minimum Gasteiger partial charge on any atom is -0.379 e. The Labute approximate surface area is 117 Å². The van der Waals surface area contributed by atoms with E-state index in [2.05, 4.69) is 36.4 Å². The summed E-state index contributed by atoms with van der Waals surface area (Å²) < 4.78 is 5.43. The molecule has 1 fully saturated rings. The maximum atomic E-state index is 11.8. The second-order valence-corrected chi connectivity index (χ2v) is 5.64. The molecule has 2 N–H and O–H groups in total. The quantitative estimate of drug-likeness (QED) is 0.771. The number of ether oxygens (including phenoxy) is 1. The van der Waals surface area contributed by atoms with E-state index < -0.39 is 0 Å². The van der Waals surface area contributed by atoms with Crippen LogP contribution in [-0.2, 0) is 4.74 Å². The van der Waals surface area contributed by atoms with Gasteiger partial charge in [0, 0.05) is 26.2 Å². The van der Waals surface area contributed by atoms with Gasteiger partial charge in [0.05, 0.1) is 12.1 Å². The van der Waals surface area contributed by atoms with Crippen molar-refractivity contribution in [1.29, 1.82) is 0 Å². The molecule has 0 aromatic rings. The van der Waals surface area contributed by atoms with Crippen LogP contribution in [0.25, 0.3) is 0 Å². The highest BCUT2D eigenvalue weighted by Crippen LogP contribution is 2.20. The number of nitrogens with one attached hydrogen (secondary N) is 2. The molecule has 0 saturated heterocycles. The van der Waals surface area contributed by atoms with Crippen LogP contribution in [0, 0.1) is 0 Å². The van der Waals surface area contributed by atoms with Gasteiger partial charge in [-0.3, -0.25) is 0 Å². The first-order chi connectivity index (χ1) is 9.04. The van der Waals surface area contributed by atoms with Crippen LogP contribution >= 0.6 is 0 Å². The maximum absolute atomic E-state index is 11.8. The summed E-state index contributed by atoms with van der Waals surface area (Å²) in [5.74, 6) is 0. The van der Waals surface area contributed by atoms with Gasteiger partial charge in [0.25, 0.3) is 0 Å².